The Morgan fingerprint density at radius 1 is 0.900 bits per heavy atom. The zero-order valence-corrected chi connectivity index (χ0v) is 22.9. The molecule has 0 spiro atoms. The number of methoxy groups -OCH3 is 1. The minimum absolute atomic E-state index is 0.290. The van der Waals surface area contributed by atoms with Crippen molar-refractivity contribution < 1.29 is 9.53 Å². The van der Waals surface area contributed by atoms with Crippen LogP contribution in [0.15, 0.2) is 107 Å². The molecular formula is C32H23Cl2N3O3. The largest absolute Gasteiger partial charge is 0.497 e. The van der Waals surface area contributed by atoms with Gasteiger partial charge in [-0.3, -0.25) is 9.59 Å². The SMILES string of the molecule is COc1ccc([C@@H]2CC(c3c(-c4ccccc4)c4cc(Cl)ccc4[nH]c3=O)=NN2C(=O)c2ccc(Cl)cc2)cc1. The molecule has 1 aromatic heterocycles. The lowest BCUT2D eigenvalue weighted by molar-refractivity contribution is 0.0711. The highest BCUT2D eigenvalue weighted by molar-refractivity contribution is 6.31. The van der Waals surface area contributed by atoms with Gasteiger partial charge in [0.1, 0.15) is 5.75 Å². The first-order valence-corrected chi connectivity index (χ1v) is 13.4. The van der Waals surface area contributed by atoms with E-state index >= 15 is 0 Å². The van der Waals surface area contributed by atoms with E-state index in [1.54, 1.807) is 43.5 Å². The molecule has 2 heterocycles. The van der Waals surface area contributed by atoms with Crippen molar-refractivity contribution in [2.45, 2.75) is 12.5 Å². The van der Waals surface area contributed by atoms with E-state index in [1.807, 2.05) is 60.7 Å². The monoisotopic (exact) mass is 567 g/mol. The third-order valence-corrected chi connectivity index (χ3v) is 7.52. The summed E-state index contributed by atoms with van der Waals surface area (Å²) in [6.07, 6.45) is 0.334. The van der Waals surface area contributed by atoms with E-state index in [9.17, 15) is 9.59 Å². The predicted molar refractivity (Wildman–Crippen MR) is 160 cm³/mol. The van der Waals surface area contributed by atoms with E-state index in [-0.39, 0.29) is 11.5 Å². The molecule has 6 nitrogen and oxygen atoms in total. The zero-order valence-electron chi connectivity index (χ0n) is 21.4. The molecule has 1 N–H and O–H groups in total. The van der Waals surface area contributed by atoms with Crippen molar-refractivity contribution in [3.8, 4) is 16.9 Å². The number of amides is 1. The Kier molecular flexibility index (Phi) is 6.88. The van der Waals surface area contributed by atoms with Gasteiger partial charge in [0.05, 0.1) is 24.4 Å². The Morgan fingerprint density at radius 2 is 1.60 bits per heavy atom. The van der Waals surface area contributed by atoms with Gasteiger partial charge >= 0.3 is 0 Å². The van der Waals surface area contributed by atoms with E-state index < -0.39 is 6.04 Å². The molecule has 1 amide bonds. The Balaban J connectivity index is 1.55. The van der Waals surface area contributed by atoms with Crippen molar-refractivity contribution in [1.29, 1.82) is 0 Å². The summed E-state index contributed by atoms with van der Waals surface area (Å²) in [6.45, 7) is 0. The second kappa shape index (κ2) is 10.6. The molecule has 5 aromatic rings. The van der Waals surface area contributed by atoms with Crippen LogP contribution in [-0.2, 0) is 0 Å². The zero-order chi connectivity index (χ0) is 27.8. The number of H-pyrrole nitrogens is 1. The molecule has 0 saturated carbocycles. The van der Waals surface area contributed by atoms with Crippen LogP contribution in [0.5, 0.6) is 5.75 Å². The Bertz CT molecular complexity index is 1820. The van der Waals surface area contributed by atoms with Gasteiger partial charge in [0.25, 0.3) is 11.5 Å². The Labute approximate surface area is 240 Å². The summed E-state index contributed by atoms with van der Waals surface area (Å²) in [5, 5.41) is 8.14. The number of fused-ring (bicyclic) bond motifs is 1. The van der Waals surface area contributed by atoms with Gasteiger partial charge in [-0.05, 0) is 65.7 Å². The highest BCUT2D eigenvalue weighted by atomic mass is 35.5. The smallest absolute Gasteiger partial charge is 0.274 e. The number of halogens is 2. The normalized spacial score (nSPS) is 14.8. The summed E-state index contributed by atoms with van der Waals surface area (Å²) in [5.41, 5.74) is 4.16. The van der Waals surface area contributed by atoms with Crippen LogP contribution < -0.4 is 10.3 Å². The average molecular weight is 568 g/mol. The molecule has 8 heteroatoms. The van der Waals surface area contributed by atoms with Crippen molar-refractivity contribution in [3.05, 3.63) is 134 Å². The van der Waals surface area contributed by atoms with Crippen LogP contribution in [0, 0.1) is 0 Å². The number of carbonyl (C=O) groups excluding carboxylic acids is 1. The minimum Gasteiger partial charge on any atom is -0.497 e. The number of benzene rings is 4. The van der Waals surface area contributed by atoms with Gasteiger partial charge in [0.2, 0.25) is 0 Å². The van der Waals surface area contributed by atoms with Gasteiger partial charge in [0.15, 0.2) is 0 Å². The molecule has 0 saturated heterocycles. The number of nitrogens with one attached hydrogen (secondary N) is 1. The molecule has 1 aliphatic heterocycles. The van der Waals surface area contributed by atoms with E-state index in [0.717, 1.165) is 22.1 Å². The van der Waals surface area contributed by atoms with Gasteiger partial charge in [-0.25, -0.2) is 5.01 Å². The summed E-state index contributed by atoms with van der Waals surface area (Å²) in [6, 6.07) is 28.8. The molecule has 0 radical (unpaired) electrons. The number of pyridine rings is 1. The molecule has 198 valence electrons. The maximum absolute atomic E-state index is 13.8. The third kappa shape index (κ3) is 4.76. The molecule has 0 unspecified atom stereocenters. The number of carbonyl (C=O) groups is 1. The third-order valence-electron chi connectivity index (χ3n) is 7.04. The van der Waals surface area contributed by atoms with Gasteiger partial charge < -0.3 is 9.72 Å². The van der Waals surface area contributed by atoms with Crippen LogP contribution >= 0.6 is 23.2 Å². The highest BCUT2D eigenvalue weighted by Crippen LogP contribution is 2.38. The maximum atomic E-state index is 13.8. The molecule has 0 aliphatic carbocycles. The van der Waals surface area contributed by atoms with Gasteiger partial charge in [-0.15, -0.1) is 0 Å². The number of ether oxygens (including phenoxy) is 1. The van der Waals surface area contributed by atoms with Gasteiger partial charge in [0, 0.05) is 38.5 Å². The number of hydrogen-bond donors (Lipinski definition) is 1. The van der Waals surface area contributed by atoms with Crippen LogP contribution in [0.2, 0.25) is 10.0 Å². The number of aromatic nitrogens is 1. The lowest BCUT2D eigenvalue weighted by Crippen LogP contribution is -2.27. The summed E-state index contributed by atoms with van der Waals surface area (Å²) in [5.74, 6) is 0.404. The van der Waals surface area contributed by atoms with Crippen molar-refractivity contribution in [2.24, 2.45) is 5.10 Å². The first-order chi connectivity index (χ1) is 19.4. The topological polar surface area (TPSA) is 74.8 Å². The van der Waals surface area contributed by atoms with Crippen molar-refractivity contribution in [1.82, 2.24) is 9.99 Å². The maximum Gasteiger partial charge on any atom is 0.274 e. The van der Waals surface area contributed by atoms with Crippen molar-refractivity contribution >= 4 is 45.7 Å². The summed E-state index contributed by atoms with van der Waals surface area (Å²) in [7, 11) is 1.60. The predicted octanol–water partition coefficient (Wildman–Crippen LogP) is 7.50. The van der Waals surface area contributed by atoms with E-state index in [4.69, 9.17) is 33.0 Å². The van der Waals surface area contributed by atoms with E-state index in [2.05, 4.69) is 4.98 Å². The Hall–Kier alpha value is -4.39. The highest BCUT2D eigenvalue weighted by Gasteiger charge is 2.36. The lowest BCUT2D eigenvalue weighted by Gasteiger charge is -2.22. The second-order valence-corrected chi connectivity index (χ2v) is 10.3. The fourth-order valence-electron chi connectivity index (χ4n) is 5.10. The van der Waals surface area contributed by atoms with Crippen LogP contribution in [0.1, 0.15) is 33.9 Å². The van der Waals surface area contributed by atoms with E-state index in [0.29, 0.717) is 44.6 Å². The lowest BCUT2D eigenvalue weighted by atomic mass is 9.91. The van der Waals surface area contributed by atoms with Crippen LogP contribution in [-0.4, -0.2) is 28.7 Å². The summed E-state index contributed by atoms with van der Waals surface area (Å²) >= 11 is 12.5. The Morgan fingerprint density at radius 3 is 2.30 bits per heavy atom. The van der Waals surface area contributed by atoms with Crippen LogP contribution in [0.4, 0.5) is 0 Å². The molecule has 1 aliphatic rings. The van der Waals surface area contributed by atoms with E-state index in [1.165, 1.54) is 5.01 Å². The van der Waals surface area contributed by atoms with Crippen LogP contribution in [0.25, 0.3) is 22.0 Å². The van der Waals surface area contributed by atoms with Crippen LogP contribution in [0.3, 0.4) is 0 Å². The number of hydrogen-bond acceptors (Lipinski definition) is 4. The number of aromatic amines is 1. The molecule has 6 rings (SSSR count). The van der Waals surface area contributed by atoms with Crippen molar-refractivity contribution in [3.63, 3.8) is 0 Å². The number of hydrazone groups is 1. The molecule has 0 bridgehead atoms. The fourth-order valence-corrected chi connectivity index (χ4v) is 5.40. The average Bonchev–Trinajstić information content (AvgIpc) is 3.42. The quantitative estimate of drug-likeness (QED) is 0.239. The second-order valence-electron chi connectivity index (χ2n) is 9.46. The molecule has 4 aromatic carbocycles. The summed E-state index contributed by atoms with van der Waals surface area (Å²) < 4.78 is 5.33. The molecular weight excluding hydrogens is 545 g/mol. The van der Waals surface area contributed by atoms with Gasteiger partial charge in [-0.1, -0.05) is 65.7 Å². The molecule has 1 atom stereocenters. The first-order valence-electron chi connectivity index (χ1n) is 12.6. The molecule has 40 heavy (non-hydrogen) atoms. The fraction of sp³-hybridized carbons (Fsp3) is 0.0938. The molecule has 0 fully saturated rings. The first kappa shape index (κ1) is 25.9. The van der Waals surface area contributed by atoms with Gasteiger partial charge in [-0.2, -0.15) is 5.10 Å². The number of nitrogens with zero attached hydrogens (tertiary/aromatic N) is 2. The minimum atomic E-state index is -0.442. The number of rotatable bonds is 5. The summed E-state index contributed by atoms with van der Waals surface area (Å²) in [4.78, 5) is 30.5. The van der Waals surface area contributed by atoms with Crippen molar-refractivity contribution in [2.75, 3.05) is 7.11 Å². The standard InChI is InChI=1S/C32H23Cl2N3O3/c1-40-24-14-9-19(10-15-24)28-18-27(36-37(28)32(39)21-7-11-22(33)12-8-21)30-29(20-5-3-2-4-6-20)25-17-23(34)13-16-26(25)35-31(30)38/h2-17,28H,18H2,1H3,(H,35,38)/t28-/m0/s1.